The highest BCUT2D eigenvalue weighted by Crippen LogP contribution is 2.79. The molecule has 0 radical (unpaired) electrons. The van der Waals surface area contributed by atoms with E-state index in [1.54, 1.807) is 6.26 Å². The van der Waals surface area contributed by atoms with E-state index in [9.17, 15) is 9.90 Å². The molecule has 3 saturated carbocycles. The van der Waals surface area contributed by atoms with Crippen molar-refractivity contribution in [2.75, 3.05) is 7.11 Å². The second-order valence-corrected chi connectivity index (χ2v) is 18.2. The number of fused-ring (bicyclic) bond motifs is 7. The fourth-order valence-electron chi connectivity index (χ4n) is 8.26. The molecular formula is C27H42O5Si. The van der Waals surface area contributed by atoms with E-state index in [0.29, 0.717) is 6.42 Å². The first kappa shape index (κ1) is 23.6. The standard InChI is InChI=1S/C27H42O5Si/c1-23(2,3)33(7,8)32-26-12-13-27(22(29)30-6)19(25(26,5)16-26)9-11-24(4)20(27)15-18(28)17-10-14-31-21(17)24/h10,14,18-20,28H,9,11-13,15-16H2,1-8H3/t18-,19-,20-,24+,25-,26+,27+/m0/s1. The summed E-state index contributed by atoms with van der Waals surface area (Å²) in [4.78, 5) is 13.8. The molecule has 5 rings (SSSR count). The van der Waals surface area contributed by atoms with Crippen LogP contribution in [0.2, 0.25) is 18.1 Å². The van der Waals surface area contributed by atoms with Crippen LogP contribution in [0, 0.1) is 22.7 Å². The number of hydrogen-bond acceptors (Lipinski definition) is 5. The highest BCUT2D eigenvalue weighted by molar-refractivity contribution is 6.74. The summed E-state index contributed by atoms with van der Waals surface area (Å²) < 4.78 is 18.7. The minimum atomic E-state index is -1.96. The molecule has 0 amide bonds. The molecule has 0 bridgehead atoms. The lowest BCUT2D eigenvalue weighted by molar-refractivity contribution is -0.190. The molecule has 184 valence electrons. The Balaban J connectivity index is 1.57. The number of ether oxygens (including phenoxy) is 1. The molecule has 5 nitrogen and oxygen atoms in total. The lowest BCUT2D eigenvalue weighted by atomic mass is 9.42. The number of esters is 1. The van der Waals surface area contributed by atoms with Crippen molar-refractivity contribution in [3.63, 3.8) is 0 Å². The zero-order valence-electron chi connectivity index (χ0n) is 21.7. The van der Waals surface area contributed by atoms with Crippen LogP contribution in [0.3, 0.4) is 0 Å². The van der Waals surface area contributed by atoms with E-state index in [-0.39, 0.29) is 39.3 Å². The summed E-state index contributed by atoms with van der Waals surface area (Å²) in [6.45, 7) is 16.2. The van der Waals surface area contributed by atoms with Crippen molar-refractivity contribution in [1.82, 2.24) is 0 Å². The molecule has 33 heavy (non-hydrogen) atoms. The first-order chi connectivity index (χ1) is 15.2. The number of furan rings is 1. The number of methoxy groups -OCH3 is 1. The van der Waals surface area contributed by atoms with Crippen molar-refractivity contribution < 1.29 is 23.5 Å². The normalized spacial score (nSPS) is 44.2. The Kier molecular flexibility index (Phi) is 4.84. The van der Waals surface area contributed by atoms with E-state index < -0.39 is 19.8 Å². The maximum absolute atomic E-state index is 13.8. The van der Waals surface area contributed by atoms with E-state index >= 15 is 0 Å². The lowest BCUT2D eigenvalue weighted by Crippen LogP contribution is -2.63. The van der Waals surface area contributed by atoms with Gasteiger partial charge in [0.15, 0.2) is 8.32 Å². The fourth-order valence-corrected chi connectivity index (χ4v) is 9.95. The van der Waals surface area contributed by atoms with E-state index in [1.165, 1.54) is 7.11 Å². The van der Waals surface area contributed by atoms with Gasteiger partial charge in [-0.15, -0.1) is 0 Å². The number of carbonyl (C=O) groups excluding carboxylic acids is 1. The van der Waals surface area contributed by atoms with Gasteiger partial charge in [0.1, 0.15) is 5.76 Å². The van der Waals surface area contributed by atoms with Crippen LogP contribution in [0.25, 0.3) is 0 Å². The van der Waals surface area contributed by atoms with Crippen molar-refractivity contribution in [2.24, 2.45) is 22.7 Å². The Bertz CT molecular complexity index is 977. The van der Waals surface area contributed by atoms with Gasteiger partial charge in [0.2, 0.25) is 0 Å². The monoisotopic (exact) mass is 474 g/mol. The van der Waals surface area contributed by atoms with Gasteiger partial charge in [-0.2, -0.15) is 0 Å². The predicted octanol–water partition coefficient (Wildman–Crippen LogP) is 6.12. The highest BCUT2D eigenvalue weighted by atomic mass is 28.4. The minimum absolute atomic E-state index is 0.00635. The van der Waals surface area contributed by atoms with Crippen LogP contribution in [0.15, 0.2) is 16.7 Å². The third-order valence-corrected chi connectivity index (χ3v) is 15.6. The predicted molar refractivity (Wildman–Crippen MR) is 129 cm³/mol. The molecule has 4 aliphatic carbocycles. The average molecular weight is 475 g/mol. The Labute approximate surface area is 199 Å². The van der Waals surface area contributed by atoms with Gasteiger partial charge in [0.25, 0.3) is 0 Å². The SMILES string of the molecule is COC(=O)[C@]12CC[C@@]3(O[Si](C)(C)C(C)(C)C)C[C@@]3(C)[C@@H]1CC[C@@]1(C)c3occc3[C@@H](O)C[C@H]21. The van der Waals surface area contributed by atoms with Crippen LogP contribution < -0.4 is 0 Å². The van der Waals surface area contributed by atoms with E-state index in [0.717, 1.165) is 43.4 Å². The minimum Gasteiger partial charge on any atom is -0.469 e. The molecule has 1 heterocycles. The molecule has 0 aliphatic heterocycles. The van der Waals surface area contributed by atoms with Gasteiger partial charge in [-0.05, 0) is 74.6 Å². The molecular weight excluding hydrogens is 432 g/mol. The second kappa shape index (κ2) is 6.76. The van der Waals surface area contributed by atoms with Gasteiger partial charge in [-0.25, -0.2) is 0 Å². The number of aliphatic hydroxyl groups excluding tert-OH is 1. The molecule has 0 spiro atoms. The molecule has 0 saturated heterocycles. The lowest BCUT2D eigenvalue weighted by Gasteiger charge is -2.61. The Morgan fingerprint density at radius 3 is 2.52 bits per heavy atom. The third-order valence-electron chi connectivity index (χ3n) is 11.1. The topological polar surface area (TPSA) is 68.9 Å². The summed E-state index contributed by atoms with van der Waals surface area (Å²) in [6, 6.07) is 1.90. The molecule has 4 aliphatic rings. The van der Waals surface area contributed by atoms with Crippen molar-refractivity contribution >= 4 is 14.3 Å². The van der Waals surface area contributed by atoms with Crippen LogP contribution in [-0.2, 0) is 19.4 Å². The Morgan fingerprint density at radius 2 is 1.88 bits per heavy atom. The smallest absolute Gasteiger partial charge is 0.312 e. The van der Waals surface area contributed by atoms with Gasteiger partial charge in [0, 0.05) is 16.4 Å². The maximum atomic E-state index is 13.8. The van der Waals surface area contributed by atoms with E-state index in [2.05, 4.69) is 47.7 Å². The molecule has 0 aromatic carbocycles. The van der Waals surface area contributed by atoms with Crippen molar-refractivity contribution in [2.45, 2.75) is 108 Å². The molecule has 1 aromatic rings. The molecule has 3 fully saturated rings. The van der Waals surface area contributed by atoms with Crippen molar-refractivity contribution in [1.29, 1.82) is 0 Å². The van der Waals surface area contributed by atoms with Crippen molar-refractivity contribution in [3.05, 3.63) is 23.7 Å². The third kappa shape index (κ3) is 2.80. The molecule has 7 atom stereocenters. The van der Waals surface area contributed by atoms with Crippen LogP contribution in [0.5, 0.6) is 0 Å². The number of carbonyl (C=O) groups is 1. The zero-order chi connectivity index (χ0) is 24.2. The Morgan fingerprint density at radius 1 is 1.18 bits per heavy atom. The largest absolute Gasteiger partial charge is 0.469 e. The first-order valence-electron chi connectivity index (χ1n) is 12.7. The first-order valence-corrected chi connectivity index (χ1v) is 15.6. The van der Waals surface area contributed by atoms with Crippen LogP contribution in [0.1, 0.15) is 90.6 Å². The summed E-state index contributed by atoms with van der Waals surface area (Å²) in [6.07, 6.45) is 6.26. The van der Waals surface area contributed by atoms with Gasteiger partial charge in [-0.3, -0.25) is 4.79 Å². The maximum Gasteiger partial charge on any atom is 0.312 e. The van der Waals surface area contributed by atoms with Gasteiger partial charge < -0.3 is 18.7 Å². The van der Waals surface area contributed by atoms with Gasteiger partial charge >= 0.3 is 5.97 Å². The van der Waals surface area contributed by atoms with Gasteiger partial charge in [0.05, 0.1) is 30.5 Å². The van der Waals surface area contributed by atoms with Crippen LogP contribution in [-0.4, -0.2) is 32.1 Å². The van der Waals surface area contributed by atoms with Gasteiger partial charge in [-0.1, -0.05) is 34.6 Å². The summed E-state index contributed by atoms with van der Waals surface area (Å²) in [5, 5.41) is 11.2. The fraction of sp³-hybridized carbons (Fsp3) is 0.815. The average Bonchev–Trinajstić information content (AvgIpc) is 3.08. The molecule has 1 aromatic heterocycles. The number of rotatable bonds is 3. The molecule has 1 N–H and O–H groups in total. The zero-order valence-corrected chi connectivity index (χ0v) is 22.7. The Hall–Kier alpha value is -1.11. The van der Waals surface area contributed by atoms with Crippen molar-refractivity contribution in [3.8, 4) is 0 Å². The highest BCUT2D eigenvalue weighted by Gasteiger charge is 2.80. The second-order valence-electron chi connectivity index (χ2n) is 13.5. The molecule has 0 unspecified atom stereocenters. The number of aliphatic hydroxyl groups is 1. The number of hydrogen-bond donors (Lipinski definition) is 1. The van der Waals surface area contributed by atoms with E-state index in [4.69, 9.17) is 13.6 Å². The quantitative estimate of drug-likeness (QED) is 0.422. The molecule has 6 heteroatoms. The summed E-state index contributed by atoms with van der Waals surface area (Å²) in [7, 11) is -0.428. The van der Waals surface area contributed by atoms with Crippen LogP contribution >= 0.6 is 0 Å². The summed E-state index contributed by atoms with van der Waals surface area (Å²) >= 11 is 0. The summed E-state index contributed by atoms with van der Waals surface area (Å²) in [5.41, 5.74) is -0.150. The van der Waals surface area contributed by atoms with E-state index in [1.807, 2.05) is 6.07 Å². The van der Waals surface area contributed by atoms with Crippen LogP contribution in [0.4, 0.5) is 0 Å². The summed E-state index contributed by atoms with van der Waals surface area (Å²) in [5.74, 6) is 0.967.